The second kappa shape index (κ2) is 16.6. The Balaban J connectivity index is 1.48. The fourth-order valence-electron chi connectivity index (χ4n) is 4.46. The van der Waals surface area contributed by atoms with Crippen molar-refractivity contribution in [2.45, 2.75) is 41.5 Å². The number of hydrogen-bond acceptors (Lipinski definition) is 12. The molecule has 0 aromatic heterocycles. The van der Waals surface area contributed by atoms with Gasteiger partial charge in [0.15, 0.2) is 11.6 Å². The minimum absolute atomic E-state index is 0.0654. The van der Waals surface area contributed by atoms with Crippen LogP contribution in [0.5, 0.6) is 11.5 Å². The molecule has 0 saturated carbocycles. The number of esters is 2. The van der Waals surface area contributed by atoms with Crippen molar-refractivity contribution in [1.82, 2.24) is 0 Å². The number of para-hydroxylation sites is 2. The lowest BCUT2D eigenvalue weighted by atomic mass is 9.97. The van der Waals surface area contributed by atoms with Gasteiger partial charge in [0, 0.05) is 11.1 Å². The van der Waals surface area contributed by atoms with Gasteiger partial charge in [0.1, 0.15) is 11.5 Å². The van der Waals surface area contributed by atoms with Crippen LogP contribution in [0.3, 0.4) is 0 Å². The van der Waals surface area contributed by atoms with Gasteiger partial charge in [0.2, 0.25) is 13.6 Å². The highest BCUT2D eigenvalue weighted by Gasteiger charge is 2.28. The fourth-order valence-corrected chi connectivity index (χ4v) is 4.46. The summed E-state index contributed by atoms with van der Waals surface area (Å²) in [5, 5.41) is 0. The summed E-state index contributed by atoms with van der Waals surface area (Å²) in [5.41, 5.74) is -2.02. The quantitative estimate of drug-likeness (QED) is 0.0492. The summed E-state index contributed by atoms with van der Waals surface area (Å²) in [6.45, 7) is 9.22. The van der Waals surface area contributed by atoms with E-state index in [1.807, 2.05) is 0 Å². The minimum Gasteiger partial charge on any atom is -0.457 e. The Morgan fingerprint density at radius 2 is 0.712 bits per heavy atom. The zero-order chi connectivity index (χ0) is 38.1. The highest BCUT2D eigenvalue weighted by molar-refractivity contribution is 6.17. The standard InChI is InChI=1S/C40H38O12/c1-39(2,3)37(45)49-23-47-31-21-13-11-19-29(31)33(41)25-15-7-9-17-27(25)35(43)51-52-36(44)28-18-10-8-16-26(28)34(42)30-20-12-14-22-32(30)48-24-50-38(46)40(4,5)6/h7-22H,23-24H2,1-6H3. The molecule has 0 spiro atoms. The Bertz CT molecular complexity index is 1840. The molecule has 52 heavy (non-hydrogen) atoms. The number of ether oxygens (including phenoxy) is 4. The van der Waals surface area contributed by atoms with E-state index in [0.717, 1.165) is 0 Å². The summed E-state index contributed by atoms with van der Waals surface area (Å²) < 4.78 is 21.5. The molecule has 0 bridgehead atoms. The van der Waals surface area contributed by atoms with E-state index < -0.39 is 59.9 Å². The second-order valence-electron chi connectivity index (χ2n) is 13.4. The van der Waals surface area contributed by atoms with Gasteiger partial charge in [-0.3, -0.25) is 19.2 Å². The van der Waals surface area contributed by atoms with Crippen LogP contribution in [0.25, 0.3) is 0 Å². The van der Waals surface area contributed by atoms with E-state index >= 15 is 0 Å². The van der Waals surface area contributed by atoms with Crippen LogP contribution < -0.4 is 9.47 Å². The molecule has 4 aromatic carbocycles. The van der Waals surface area contributed by atoms with Gasteiger partial charge in [0.25, 0.3) is 0 Å². The predicted octanol–water partition coefficient (Wildman–Crippen LogP) is 6.93. The molecule has 0 atom stereocenters. The third-order valence-electron chi connectivity index (χ3n) is 7.27. The SMILES string of the molecule is CC(C)(C)C(=O)OCOc1ccccc1C(=O)c1ccccc1C(=O)OOC(=O)c1ccccc1C(=O)c1ccccc1OCOC(=O)C(C)(C)C. The number of ketones is 2. The molecule has 0 N–H and O–H groups in total. The van der Waals surface area contributed by atoms with E-state index in [0.29, 0.717) is 0 Å². The molecule has 0 aliphatic heterocycles. The van der Waals surface area contributed by atoms with E-state index in [1.54, 1.807) is 65.8 Å². The number of hydrogen-bond donors (Lipinski definition) is 0. The molecule has 0 fully saturated rings. The van der Waals surface area contributed by atoms with Crippen molar-refractivity contribution in [2.24, 2.45) is 10.8 Å². The maximum Gasteiger partial charge on any atom is 0.387 e. The average molecular weight is 711 g/mol. The zero-order valence-corrected chi connectivity index (χ0v) is 29.6. The van der Waals surface area contributed by atoms with Crippen LogP contribution in [0.4, 0.5) is 0 Å². The Labute approximate surface area is 300 Å². The Kier molecular flexibility index (Phi) is 12.3. The number of benzene rings is 4. The molecular formula is C40H38O12. The van der Waals surface area contributed by atoms with Crippen LogP contribution in [-0.2, 0) is 28.8 Å². The average Bonchev–Trinajstić information content (AvgIpc) is 3.12. The van der Waals surface area contributed by atoms with Gasteiger partial charge < -0.3 is 18.9 Å². The van der Waals surface area contributed by atoms with Crippen LogP contribution in [0.15, 0.2) is 97.1 Å². The maximum atomic E-state index is 13.7. The Morgan fingerprint density at radius 1 is 0.423 bits per heavy atom. The summed E-state index contributed by atoms with van der Waals surface area (Å²) in [6.07, 6.45) is 0. The normalized spacial score (nSPS) is 11.1. The first kappa shape index (κ1) is 38.5. The van der Waals surface area contributed by atoms with Crippen LogP contribution in [0.2, 0.25) is 0 Å². The van der Waals surface area contributed by atoms with Gasteiger partial charge in [-0.2, -0.15) is 0 Å². The zero-order valence-electron chi connectivity index (χ0n) is 29.6. The summed E-state index contributed by atoms with van der Waals surface area (Å²) in [4.78, 5) is 87.7. The molecule has 0 aliphatic carbocycles. The monoisotopic (exact) mass is 710 g/mol. The van der Waals surface area contributed by atoms with Gasteiger partial charge in [-0.1, -0.05) is 60.7 Å². The van der Waals surface area contributed by atoms with Crippen molar-refractivity contribution in [3.05, 3.63) is 130 Å². The molecule has 0 saturated heterocycles. The van der Waals surface area contributed by atoms with Crippen molar-refractivity contribution in [3.8, 4) is 11.5 Å². The Hall–Kier alpha value is -6.30. The van der Waals surface area contributed by atoms with Gasteiger partial charge in [-0.25, -0.2) is 19.4 Å². The van der Waals surface area contributed by atoms with E-state index in [2.05, 4.69) is 0 Å². The molecule has 12 heteroatoms. The molecular weight excluding hydrogens is 672 g/mol. The predicted molar refractivity (Wildman–Crippen MR) is 186 cm³/mol. The van der Waals surface area contributed by atoms with Crippen LogP contribution >= 0.6 is 0 Å². The largest absolute Gasteiger partial charge is 0.457 e. The van der Waals surface area contributed by atoms with E-state index in [4.69, 9.17) is 28.7 Å². The summed E-state index contributed by atoms with van der Waals surface area (Å²) in [7, 11) is 0. The van der Waals surface area contributed by atoms with Crippen molar-refractivity contribution in [1.29, 1.82) is 0 Å². The summed E-state index contributed by atoms with van der Waals surface area (Å²) >= 11 is 0. The lowest BCUT2D eigenvalue weighted by Crippen LogP contribution is -2.25. The molecule has 0 unspecified atom stereocenters. The number of carbonyl (C=O) groups excluding carboxylic acids is 6. The number of rotatable bonds is 12. The lowest BCUT2D eigenvalue weighted by molar-refractivity contribution is -0.187. The van der Waals surface area contributed by atoms with Gasteiger partial charge >= 0.3 is 23.9 Å². The van der Waals surface area contributed by atoms with Crippen molar-refractivity contribution >= 4 is 35.4 Å². The van der Waals surface area contributed by atoms with Gasteiger partial charge in [-0.05, 0) is 77.9 Å². The second-order valence-corrected chi connectivity index (χ2v) is 13.4. The minimum atomic E-state index is -1.16. The van der Waals surface area contributed by atoms with Crippen molar-refractivity contribution in [2.75, 3.05) is 13.6 Å². The van der Waals surface area contributed by atoms with Crippen LogP contribution in [0, 0.1) is 10.8 Å². The first-order valence-corrected chi connectivity index (χ1v) is 16.1. The lowest BCUT2D eigenvalue weighted by Gasteiger charge is -2.17. The molecule has 0 aliphatic rings. The molecule has 0 amide bonds. The molecule has 0 radical (unpaired) electrons. The first-order chi connectivity index (χ1) is 24.6. The summed E-state index contributed by atoms with van der Waals surface area (Å²) in [5.74, 6) is -4.38. The van der Waals surface area contributed by atoms with Crippen LogP contribution in [-0.4, -0.2) is 49.0 Å². The molecule has 0 heterocycles. The van der Waals surface area contributed by atoms with Gasteiger partial charge in [0.05, 0.1) is 33.1 Å². The molecule has 4 aromatic rings. The fraction of sp³-hybridized carbons (Fsp3) is 0.250. The maximum absolute atomic E-state index is 13.7. The van der Waals surface area contributed by atoms with E-state index in [-0.39, 0.29) is 44.9 Å². The highest BCUT2D eigenvalue weighted by atomic mass is 17.2. The van der Waals surface area contributed by atoms with Gasteiger partial charge in [-0.15, -0.1) is 0 Å². The highest BCUT2D eigenvalue weighted by Crippen LogP contribution is 2.27. The van der Waals surface area contributed by atoms with E-state index in [9.17, 15) is 28.8 Å². The third kappa shape index (κ3) is 9.69. The Morgan fingerprint density at radius 3 is 1.04 bits per heavy atom. The summed E-state index contributed by atoms with van der Waals surface area (Å²) in [6, 6.07) is 23.8. The van der Waals surface area contributed by atoms with E-state index in [1.165, 1.54) is 72.8 Å². The van der Waals surface area contributed by atoms with Crippen LogP contribution in [0.1, 0.15) is 94.1 Å². The first-order valence-electron chi connectivity index (χ1n) is 16.1. The smallest absolute Gasteiger partial charge is 0.387 e. The molecule has 12 nitrogen and oxygen atoms in total. The topological polar surface area (TPSA) is 158 Å². The number of carbonyl (C=O) groups is 6. The molecule has 270 valence electrons. The third-order valence-corrected chi connectivity index (χ3v) is 7.27. The molecule has 4 rings (SSSR count). The van der Waals surface area contributed by atoms with Crippen molar-refractivity contribution in [3.63, 3.8) is 0 Å². The van der Waals surface area contributed by atoms with Crippen molar-refractivity contribution < 1.29 is 57.5 Å².